The maximum Gasteiger partial charge on any atom is 0.242 e. The lowest BCUT2D eigenvalue weighted by molar-refractivity contribution is -0.138. The number of phenolic OH excluding ortho intramolecular Hbond substituents is 1. The number of rotatable bonds is 4. The van der Waals surface area contributed by atoms with Gasteiger partial charge in [0.1, 0.15) is 11.5 Å². The fourth-order valence-corrected chi connectivity index (χ4v) is 10.4. The lowest BCUT2D eigenvalue weighted by Gasteiger charge is -2.49. The van der Waals surface area contributed by atoms with Gasteiger partial charge in [0.15, 0.2) is 11.5 Å². The average molecular weight is 720 g/mol. The second-order valence-corrected chi connectivity index (χ2v) is 15.6. The molecule has 2 aromatic carbocycles. The first kappa shape index (κ1) is 32.0. The summed E-state index contributed by atoms with van der Waals surface area (Å²) in [4.78, 5) is 59.6. The highest BCUT2D eigenvalue weighted by Crippen LogP contribution is 2.64. The number of phenols is 1. The molecule has 4 aliphatic rings. The largest absolute Gasteiger partial charge is 0.503 e. The van der Waals surface area contributed by atoms with Crippen LogP contribution in [0.1, 0.15) is 36.8 Å². The summed E-state index contributed by atoms with van der Waals surface area (Å²) in [6.07, 6.45) is 2.52. The van der Waals surface area contributed by atoms with Gasteiger partial charge in [-0.1, -0.05) is 34.9 Å². The van der Waals surface area contributed by atoms with Crippen LogP contribution >= 0.6 is 34.5 Å². The number of amides is 4. The number of aromatic nitrogens is 2. The summed E-state index contributed by atoms with van der Waals surface area (Å²) in [5, 5.41) is 17.0. The van der Waals surface area contributed by atoms with Crippen molar-refractivity contribution in [3.05, 3.63) is 69.2 Å². The molecule has 4 aromatic rings. The van der Waals surface area contributed by atoms with Gasteiger partial charge >= 0.3 is 0 Å². The molecule has 2 aliphatic heterocycles. The van der Waals surface area contributed by atoms with E-state index in [1.807, 2.05) is 31.2 Å². The number of methoxy groups -OCH3 is 1. The lowest BCUT2D eigenvalue weighted by atomic mass is 9.51. The van der Waals surface area contributed by atoms with E-state index in [2.05, 4.69) is 0 Å². The van der Waals surface area contributed by atoms with Gasteiger partial charge in [0.25, 0.3) is 0 Å². The first-order chi connectivity index (χ1) is 23.3. The molecular formula is C36H32Cl2N4O6S. The highest BCUT2D eigenvalue weighted by atomic mass is 35.5. The molecule has 13 heteroatoms. The van der Waals surface area contributed by atoms with Crippen LogP contribution in [-0.2, 0) is 26.2 Å². The molecule has 4 heterocycles. The predicted octanol–water partition coefficient (Wildman–Crippen LogP) is 6.49. The van der Waals surface area contributed by atoms with E-state index in [1.165, 1.54) is 24.0 Å². The fraction of sp³-hybridized carbons (Fsp3) is 0.361. The number of ether oxygens (including phenoxy) is 1. The summed E-state index contributed by atoms with van der Waals surface area (Å²) >= 11 is 14.4. The van der Waals surface area contributed by atoms with Gasteiger partial charge in [-0.2, -0.15) is 5.10 Å². The maximum absolute atomic E-state index is 15.0. The molecule has 1 N–H and O–H groups in total. The Bertz CT molecular complexity index is 2210. The van der Waals surface area contributed by atoms with Crippen LogP contribution in [0.2, 0.25) is 10.0 Å². The van der Waals surface area contributed by atoms with Gasteiger partial charge in [0.2, 0.25) is 23.6 Å². The molecule has 6 atom stereocenters. The molecule has 2 aromatic heterocycles. The summed E-state index contributed by atoms with van der Waals surface area (Å²) < 4.78 is 8.04. The number of likely N-dealkylation sites (tertiary alicyclic amines) is 1. The number of carbonyl (C=O) groups is 4. The number of anilines is 1. The van der Waals surface area contributed by atoms with Crippen molar-refractivity contribution < 1.29 is 29.0 Å². The molecule has 10 nitrogen and oxygen atoms in total. The number of carbonyl (C=O) groups excluding carboxylic acids is 4. The summed E-state index contributed by atoms with van der Waals surface area (Å²) in [5.41, 5.74) is 1.70. The maximum atomic E-state index is 15.0. The third-order valence-electron chi connectivity index (χ3n) is 11.3. The molecule has 49 heavy (non-hydrogen) atoms. The van der Waals surface area contributed by atoms with Crippen LogP contribution in [0.5, 0.6) is 11.5 Å². The number of imide groups is 2. The van der Waals surface area contributed by atoms with Crippen molar-refractivity contribution in [1.82, 2.24) is 14.7 Å². The van der Waals surface area contributed by atoms with Crippen molar-refractivity contribution in [2.24, 2.45) is 36.1 Å². The zero-order valence-corrected chi connectivity index (χ0v) is 29.6. The SMILES string of the molecule is COc1cc([C@H]2C3=CC[C@@H]4C(=O)N(C)C(=O)[C@@H]4[C@@H]3C[C@H]3C(=O)N(c4cc(-c5sc6ccc(Cl)cc6c5C)nn4C)C(=O)[C@@]23C)cc(Cl)c1O. The van der Waals surface area contributed by atoms with Gasteiger partial charge in [-0.15, -0.1) is 11.3 Å². The molecule has 3 fully saturated rings. The van der Waals surface area contributed by atoms with Crippen molar-refractivity contribution in [2.75, 3.05) is 19.1 Å². The van der Waals surface area contributed by atoms with Gasteiger partial charge in [0, 0.05) is 35.8 Å². The Morgan fingerprint density at radius 2 is 1.78 bits per heavy atom. The lowest BCUT2D eigenvalue weighted by Crippen LogP contribution is -2.48. The van der Waals surface area contributed by atoms with Gasteiger partial charge < -0.3 is 9.84 Å². The average Bonchev–Trinajstić information content (AvgIpc) is 3.73. The number of halogens is 2. The smallest absolute Gasteiger partial charge is 0.242 e. The topological polar surface area (TPSA) is 122 Å². The zero-order chi connectivity index (χ0) is 34.8. The standard InChI is InChI=1S/C36H32Cl2N4O6S/c1-15-20-12-17(37)6-9-26(20)49-31(15)24-14-27(41(4)39-24)42-33(45)22-13-21-18(7-8-19-28(21)34(46)40(3)32(19)44)29(36(22,2)35(42)47)16-10-23(38)30(43)25(11-16)48-5/h6-7,9-12,14,19,21-22,28-29,43H,8,13H2,1-5H3/t19-,21+,22-,28-,29-,36+/m0/s1. The van der Waals surface area contributed by atoms with Crippen LogP contribution in [0.4, 0.5) is 5.82 Å². The Balaban J connectivity index is 1.28. The third-order valence-corrected chi connectivity index (χ3v) is 13.1. The molecule has 4 amide bonds. The third kappa shape index (κ3) is 4.28. The predicted molar refractivity (Wildman–Crippen MR) is 186 cm³/mol. The Morgan fingerprint density at radius 1 is 1.02 bits per heavy atom. The number of aromatic hydroxyl groups is 1. The van der Waals surface area contributed by atoms with Crippen molar-refractivity contribution >= 4 is 74.1 Å². The van der Waals surface area contributed by atoms with E-state index >= 15 is 0 Å². The Hall–Kier alpha value is -4.19. The highest BCUT2D eigenvalue weighted by molar-refractivity contribution is 7.22. The van der Waals surface area contributed by atoms with Crippen LogP contribution < -0.4 is 9.64 Å². The van der Waals surface area contributed by atoms with Crippen LogP contribution in [0.3, 0.4) is 0 Å². The fourth-order valence-electron chi connectivity index (χ4n) is 8.90. The normalized spacial score (nSPS) is 27.9. The molecule has 2 saturated heterocycles. The molecule has 0 unspecified atom stereocenters. The molecule has 2 aliphatic carbocycles. The molecule has 8 rings (SSSR count). The van der Waals surface area contributed by atoms with Crippen molar-refractivity contribution in [3.63, 3.8) is 0 Å². The van der Waals surface area contributed by atoms with Crippen LogP contribution in [-0.4, -0.2) is 57.6 Å². The van der Waals surface area contributed by atoms with E-state index in [0.29, 0.717) is 28.5 Å². The second-order valence-electron chi connectivity index (χ2n) is 13.7. The first-order valence-electron chi connectivity index (χ1n) is 16.0. The molecular weight excluding hydrogens is 687 g/mol. The molecule has 0 spiro atoms. The summed E-state index contributed by atoms with van der Waals surface area (Å²) in [6.45, 7) is 3.79. The van der Waals surface area contributed by atoms with Crippen LogP contribution in [0.15, 0.2) is 48.0 Å². The van der Waals surface area contributed by atoms with Gasteiger partial charge in [-0.05, 0) is 79.5 Å². The van der Waals surface area contributed by atoms with Crippen molar-refractivity contribution in [1.29, 1.82) is 0 Å². The van der Waals surface area contributed by atoms with E-state index in [9.17, 15) is 24.3 Å². The number of hydrogen-bond donors (Lipinski definition) is 1. The van der Waals surface area contributed by atoms with Gasteiger partial charge in [-0.3, -0.25) is 28.8 Å². The van der Waals surface area contributed by atoms with E-state index in [-0.39, 0.29) is 34.8 Å². The number of allylic oxidation sites excluding steroid dienone is 2. The number of hydrogen-bond acceptors (Lipinski definition) is 8. The second kappa shape index (κ2) is 10.9. The molecule has 0 bridgehead atoms. The van der Waals surface area contributed by atoms with Crippen LogP contribution in [0, 0.1) is 36.0 Å². The molecule has 0 radical (unpaired) electrons. The van der Waals surface area contributed by atoms with E-state index in [1.54, 1.807) is 48.2 Å². The van der Waals surface area contributed by atoms with Crippen LogP contribution in [0.25, 0.3) is 20.7 Å². The minimum Gasteiger partial charge on any atom is -0.503 e. The number of thiophene rings is 1. The number of nitrogens with zero attached hydrogens (tertiary/aromatic N) is 4. The molecule has 1 saturated carbocycles. The van der Waals surface area contributed by atoms with Crippen molar-refractivity contribution in [2.45, 2.75) is 32.6 Å². The number of fused-ring (bicyclic) bond motifs is 5. The summed E-state index contributed by atoms with van der Waals surface area (Å²) in [6, 6.07) is 10.7. The Morgan fingerprint density at radius 3 is 2.51 bits per heavy atom. The quantitative estimate of drug-likeness (QED) is 0.189. The van der Waals surface area contributed by atoms with Gasteiger partial charge in [0.05, 0.1) is 40.2 Å². The Labute approximate surface area is 295 Å². The van der Waals surface area contributed by atoms with Gasteiger partial charge in [-0.25, -0.2) is 4.90 Å². The number of benzene rings is 2. The minimum absolute atomic E-state index is 0.0302. The first-order valence-corrected chi connectivity index (χ1v) is 17.5. The number of aryl methyl sites for hydroxylation is 2. The minimum atomic E-state index is -1.30. The summed E-state index contributed by atoms with van der Waals surface area (Å²) in [5.74, 6) is -4.28. The van der Waals surface area contributed by atoms with E-state index in [0.717, 1.165) is 26.1 Å². The Kier molecular flexibility index (Phi) is 7.13. The van der Waals surface area contributed by atoms with E-state index < -0.39 is 46.8 Å². The zero-order valence-electron chi connectivity index (χ0n) is 27.3. The monoisotopic (exact) mass is 718 g/mol. The summed E-state index contributed by atoms with van der Waals surface area (Å²) in [7, 11) is 4.61. The van der Waals surface area contributed by atoms with E-state index in [4.69, 9.17) is 33.0 Å². The van der Waals surface area contributed by atoms with Crippen molar-refractivity contribution in [3.8, 4) is 22.1 Å². The highest BCUT2D eigenvalue weighted by Gasteiger charge is 2.67. The molecule has 252 valence electrons.